The zero-order valence-electron chi connectivity index (χ0n) is 13.8. The molecule has 0 aliphatic carbocycles. The molecule has 2 aromatic carbocycles. The van der Waals surface area contributed by atoms with Crippen molar-refractivity contribution in [2.75, 3.05) is 19.1 Å². The fourth-order valence-corrected chi connectivity index (χ4v) is 2.18. The van der Waals surface area contributed by atoms with Crippen molar-refractivity contribution in [1.29, 1.82) is 0 Å². The van der Waals surface area contributed by atoms with Crippen LogP contribution in [0.5, 0.6) is 11.5 Å². The van der Waals surface area contributed by atoms with Crippen LogP contribution in [0, 0.1) is 0 Å². The van der Waals surface area contributed by atoms with Crippen molar-refractivity contribution in [2.45, 2.75) is 13.0 Å². The van der Waals surface area contributed by atoms with Crippen LogP contribution < -0.4 is 15.0 Å². The Labute approximate surface area is 140 Å². The van der Waals surface area contributed by atoms with Gasteiger partial charge in [-0.2, -0.15) is 0 Å². The molecule has 0 heterocycles. The first kappa shape index (κ1) is 17.3. The fraction of sp³-hybridized carbons (Fsp3) is 0.222. The number of methoxy groups -OCH3 is 1. The highest BCUT2D eigenvalue weighted by molar-refractivity contribution is 6.40. The second kappa shape index (κ2) is 7.50. The van der Waals surface area contributed by atoms with Gasteiger partial charge in [-0.3, -0.25) is 9.59 Å². The molecule has 0 bridgehead atoms. The number of aromatic hydroxyl groups is 1. The Morgan fingerprint density at radius 3 is 2.21 bits per heavy atom. The number of amides is 2. The fourth-order valence-electron chi connectivity index (χ4n) is 2.18. The summed E-state index contributed by atoms with van der Waals surface area (Å²) in [5.41, 5.74) is 1.38. The summed E-state index contributed by atoms with van der Waals surface area (Å²) in [6.07, 6.45) is 0. The largest absolute Gasteiger partial charge is 0.508 e. The maximum absolute atomic E-state index is 12.2. The molecule has 2 rings (SSSR count). The number of rotatable bonds is 4. The minimum Gasteiger partial charge on any atom is -0.508 e. The predicted molar refractivity (Wildman–Crippen MR) is 91.1 cm³/mol. The van der Waals surface area contributed by atoms with Crippen LogP contribution in [0.4, 0.5) is 5.69 Å². The minimum atomic E-state index is -0.700. The van der Waals surface area contributed by atoms with E-state index in [2.05, 4.69) is 5.32 Å². The summed E-state index contributed by atoms with van der Waals surface area (Å²) in [4.78, 5) is 25.6. The first-order chi connectivity index (χ1) is 11.4. The molecule has 2 amide bonds. The summed E-state index contributed by atoms with van der Waals surface area (Å²) in [5, 5.41) is 12.0. The Kier molecular flexibility index (Phi) is 5.42. The van der Waals surface area contributed by atoms with Gasteiger partial charge in [-0.05, 0) is 48.9 Å². The van der Waals surface area contributed by atoms with E-state index in [9.17, 15) is 14.7 Å². The number of hydrogen-bond donors (Lipinski definition) is 2. The van der Waals surface area contributed by atoms with Gasteiger partial charge in [0.1, 0.15) is 11.5 Å². The molecule has 0 saturated carbocycles. The molecule has 0 aliphatic rings. The first-order valence-electron chi connectivity index (χ1n) is 7.44. The smallest absolute Gasteiger partial charge is 0.316 e. The third-order valence-corrected chi connectivity index (χ3v) is 3.70. The molecule has 0 spiro atoms. The van der Waals surface area contributed by atoms with Gasteiger partial charge in [0.15, 0.2) is 0 Å². The van der Waals surface area contributed by atoms with Gasteiger partial charge in [-0.15, -0.1) is 0 Å². The standard InChI is InChI=1S/C18H20N2O4/c1-12(13-4-10-16(24-3)11-5-13)19-17(22)18(23)20(2)14-6-8-15(21)9-7-14/h4-12,21H,1-3H3,(H,19,22). The number of phenolic OH excluding ortho intramolecular Hbond substituents is 1. The highest BCUT2D eigenvalue weighted by Crippen LogP contribution is 2.19. The van der Waals surface area contributed by atoms with Crippen LogP contribution in [-0.4, -0.2) is 31.1 Å². The van der Waals surface area contributed by atoms with E-state index in [1.807, 2.05) is 12.1 Å². The third-order valence-electron chi connectivity index (χ3n) is 3.70. The van der Waals surface area contributed by atoms with Gasteiger partial charge in [0.2, 0.25) is 0 Å². The van der Waals surface area contributed by atoms with Crippen LogP contribution >= 0.6 is 0 Å². The molecule has 0 saturated heterocycles. The summed E-state index contributed by atoms with van der Waals surface area (Å²) in [6, 6.07) is 13.0. The van der Waals surface area contributed by atoms with Crippen LogP contribution in [0.2, 0.25) is 0 Å². The third kappa shape index (κ3) is 4.04. The lowest BCUT2D eigenvalue weighted by Gasteiger charge is -2.19. The van der Waals surface area contributed by atoms with Gasteiger partial charge in [0, 0.05) is 12.7 Å². The van der Waals surface area contributed by atoms with E-state index < -0.39 is 11.8 Å². The number of carbonyl (C=O) groups is 2. The van der Waals surface area contributed by atoms with Crippen LogP contribution in [0.3, 0.4) is 0 Å². The lowest BCUT2D eigenvalue weighted by atomic mass is 10.1. The number of phenols is 1. The van der Waals surface area contributed by atoms with E-state index in [0.717, 1.165) is 11.3 Å². The number of likely N-dealkylation sites (N-methyl/N-ethyl adjacent to an activating group) is 1. The van der Waals surface area contributed by atoms with Crippen LogP contribution in [0.25, 0.3) is 0 Å². The van der Waals surface area contributed by atoms with Crippen molar-refractivity contribution in [3.05, 3.63) is 54.1 Å². The molecule has 24 heavy (non-hydrogen) atoms. The quantitative estimate of drug-likeness (QED) is 0.844. The molecule has 6 heteroatoms. The number of hydrogen-bond acceptors (Lipinski definition) is 4. The van der Waals surface area contributed by atoms with Crippen molar-refractivity contribution < 1.29 is 19.4 Å². The van der Waals surface area contributed by atoms with Crippen LogP contribution in [-0.2, 0) is 9.59 Å². The summed E-state index contributed by atoms with van der Waals surface area (Å²) in [7, 11) is 3.09. The number of carbonyl (C=O) groups excluding carboxylic acids is 2. The van der Waals surface area contributed by atoms with Crippen LogP contribution in [0.1, 0.15) is 18.5 Å². The van der Waals surface area contributed by atoms with E-state index in [-0.39, 0.29) is 11.8 Å². The number of benzene rings is 2. The summed E-state index contributed by atoms with van der Waals surface area (Å²) >= 11 is 0. The maximum atomic E-state index is 12.2. The Bertz CT molecular complexity index is 711. The monoisotopic (exact) mass is 328 g/mol. The number of anilines is 1. The SMILES string of the molecule is COc1ccc(C(C)NC(=O)C(=O)N(C)c2ccc(O)cc2)cc1. The summed E-state index contributed by atoms with van der Waals surface area (Å²) in [6.45, 7) is 1.80. The lowest BCUT2D eigenvalue weighted by molar-refractivity contribution is -0.137. The summed E-state index contributed by atoms with van der Waals surface area (Å²) in [5.74, 6) is -0.562. The Hall–Kier alpha value is -3.02. The van der Waals surface area contributed by atoms with Crippen LogP contribution in [0.15, 0.2) is 48.5 Å². The molecule has 0 fully saturated rings. The molecule has 0 aromatic heterocycles. The van der Waals surface area contributed by atoms with Crippen molar-refractivity contribution in [3.8, 4) is 11.5 Å². The molecule has 1 atom stereocenters. The normalized spacial score (nSPS) is 11.5. The van der Waals surface area contributed by atoms with E-state index in [1.165, 1.54) is 24.1 Å². The molecule has 2 N–H and O–H groups in total. The first-order valence-corrected chi connectivity index (χ1v) is 7.44. The molecule has 2 aromatic rings. The minimum absolute atomic E-state index is 0.0946. The van der Waals surface area contributed by atoms with E-state index in [1.54, 1.807) is 38.3 Å². The highest BCUT2D eigenvalue weighted by atomic mass is 16.5. The zero-order chi connectivity index (χ0) is 17.7. The van der Waals surface area contributed by atoms with Gasteiger partial charge in [-0.1, -0.05) is 12.1 Å². The Balaban J connectivity index is 2.01. The number of ether oxygens (including phenoxy) is 1. The Morgan fingerprint density at radius 1 is 1.08 bits per heavy atom. The molecule has 0 radical (unpaired) electrons. The summed E-state index contributed by atoms with van der Waals surface area (Å²) < 4.78 is 5.09. The second-order valence-electron chi connectivity index (χ2n) is 5.35. The predicted octanol–water partition coefficient (Wildman–Crippen LogP) is 2.24. The number of nitrogens with zero attached hydrogens (tertiary/aromatic N) is 1. The highest BCUT2D eigenvalue weighted by Gasteiger charge is 2.22. The second-order valence-corrected chi connectivity index (χ2v) is 5.35. The van der Waals surface area contributed by atoms with Gasteiger partial charge in [0.05, 0.1) is 13.2 Å². The molecular formula is C18H20N2O4. The van der Waals surface area contributed by atoms with Crippen molar-refractivity contribution in [3.63, 3.8) is 0 Å². The van der Waals surface area contributed by atoms with E-state index in [0.29, 0.717) is 5.69 Å². The van der Waals surface area contributed by atoms with Gasteiger partial charge in [-0.25, -0.2) is 0 Å². The van der Waals surface area contributed by atoms with Crippen molar-refractivity contribution in [2.24, 2.45) is 0 Å². The van der Waals surface area contributed by atoms with Gasteiger partial charge >= 0.3 is 11.8 Å². The van der Waals surface area contributed by atoms with Crippen molar-refractivity contribution >= 4 is 17.5 Å². The lowest BCUT2D eigenvalue weighted by Crippen LogP contribution is -2.42. The molecular weight excluding hydrogens is 308 g/mol. The Morgan fingerprint density at radius 2 is 1.67 bits per heavy atom. The van der Waals surface area contributed by atoms with E-state index >= 15 is 0 Å². The topological polar surface area (TPSA) is 78.9 Å². The van der Waals surface area contributed by atoms with Crippen molar-refractivity contribution in [1.82, 2.24) is 5.32 Å². The zero-order valence-corrected chi connectivity index (χ0v) is 13.8. The maximum Gasteiger partial charge on any atom is 0.316 e. The molecule has 6 nitrogen and oxygen atoms in total. The molecule has 1 unspecified atom stereocenters. The average Bonchev–Trinajstić information content (AvgIpc) is 2.61. The number of nitrogens with one attached hydrogen (secondary N) is 1. The molecule has 126 valence electrons. The van der Waals surface area contributed by atoms with E-state index in [4.69, 9.17) is 4.74 Å². The van der Waals surface area contributed by atoms with Gasteiger partial charge in [0.25, 0.3) is 0 Å². The van der Waals surface area contributed by atoms with Gasteiger partial charge < -0.3 is 20.1 Å². The average molecular weight is 328 g/mol. The molecule has 0 aliphatic heterocycles.